The van der Waals surface area contributed by atoms with Crippen LogP contribution in [0.1, 0.15) is 24.0 Å². The van der Waals surface area contributed by atoms with E-state index >= 15 is 0 Å². The van der Waals surface area contributed by atoms with Crippen molar-refractivity contribution in [1.82, 2.24) is 65.2 Å². The Kier molecular flexibility index (Phi) is 13.9. The monoisotopic (exact) mass is 946 g/mol. The Morgan fingerprint density at radius 1 is 0.733 bits per heavy atom. The van der Waals surface area contributed by atoms with Crippen molar-refractivity contribution < 1.29 is 85.2 Å². The minimum atomic E-state index is -0.747. The summed E-state index contributed by atoms with van der Waals surface area (Å²) < 4.78 is 9.17. The molecule has 0 bridgehead atoms. The van der Waals surface area contributed by atoms with E-state index in [1.54, 1.807) is 29.5 Å². The van der Waals surface area contributed by atoms with E-state index in [1.165, 1.54) is 7.05 Å². The second-order valence-electron chi connectivity index (χ2n) is 14.9. The summed E-state index contributed by atoms with van der Waals surface area (Å²) in [7, 11) is 3.35. The molecular formula is C40H44IKN16O2. The number of nitrogens with zero attached hydrogens (tertiary/aromatic N) is 14. The van der Waals surface area contributed by atoms with Gasteiger partial charge < -0.3 is 54.7 Å². The van der Waals surface area contributed by atoms with Gasteiger partial charge in [0.2, 0.25) is 11.3 Å². The summed E-state index contributed by atoms with van der Waals surface area (Å²) in [6.07, 6.45) is 8.82. The molecule has 18 nitrogen and oxygen atoms in total. The van der Waals surface area contributed by atoms with Gasteiger partial charge in [-0.15, -0.1) is 10.2 Å². The molecule has 304 valence electrons. The van der Waals surface area contributed by atoms with E-state index in [-0.39, 0.29) is 81.0 Å². The Morgan fingerprint density at radius 3 is 1.75 bits per heavy atom. The van der Waals surface area contributed by atoms with Gasteiger partial charge in [-0.05, 0) is 74.5 Å². The number of anilines is 2. The number of nitrogens with two attached hydrogens (primary N) is 1. The summed E-state index contributed by atoms with van der Waals surface area (Å²) >= 11 is 0. The average Bonchev–Trinajstić information content (AvgIpc) is 3.60. The number of aromatic nitrogens is 12. The van der Waals surface area contributed by atoms with Gasteiger partial charge in [0.1, 0.15) is 17.2 Å². The van der Waals surface area contributed by atoms with Gasteiger partial charge >= 0.3 is 51.4 Å². The minimum Gasteiger partial charge on any atom is -1.00 e. The van der Waals surface area contributed by atoms with Crippen molar-refractivity contribution in [3.8, 4) is 0 Å². The van der Waals surface area contributed by atoms with E-state index in [0.717, 1.165) is 77.2 Å². The van der Waals surface area contributed by atoms with E-state index in [9.17, 15) is 5.11 Å². The molecule has 2 unspecified atom stereocenters. The molecule has 2 aromatic carbocycles. The summed E-state index contributed by atoms with van der Waals surface area (Å²) in [6.45, 7) is 5.62. The van der Waals surface area contributed by atoms with Crippen LogP contribution < -0.4 is 96.2 Å². The number of halogens is 1. The maximum atomic E-state index is 10.6. The molecule has 3 aliphatic rings. The van der Waals surface area contributed by atoms with Gasteiger partial charge in [0, 0.05) is 49.3 Å². The fourth-order valence-corrected chi connectivity index (χ4v) is 7.71. The van der Waals surface area contributed by atoms with Gasteiger partial charge in [-0.25, -0.2) is 29.3 Å². The van der Waals surface area contributed by atoms with E-state index in [2.05, 4.69) is 85.7 Å². The number of pyridine rings is 2. The number of ether oxygens (including phenoxy) is 1. The quantitative estimate of drug-likeness (QED) is 0.0761. The number of fused-ring (bicyclic) bond motifs is 4. The zero-order valence-electron chi connectivity index (χ0n) is 33.7. The van der Waals surface area contributed by atoms with Crippen LogP contribution in [0.25, 0.3) is 44.4 Å². The van der Waals surface area contributed by atoms with Crippen molar-refractivity contribution in [3.63, 3.8) is 0 Å². The Hall–Kier alpha value is -3.97. The molecule has 0 amide bonds. The smallest absolute Gasteiger partial charge is 1.00 e. The summed E-state index contributed by atoms with van der Waals surface area (Å²) in [6, 6.07) is 20.4. The van der Waals surface area contributed by atoms with Crippen molar-refractivity contribution in [3.05, 3.63) is 96.6 Å². The molecule has 3 aliphatic heterocycles. The third-order valence-corrected chi connectivity index (χ3v) is 10.8. The molecule has 0 radical (unpaired) electrons. The fourth-order valence-electron chi connectivity index (χ4n) is 7.71. The maximum absolute atomic E-state index is 10.6. The van der Waals surface area contributed by atoms with Crippen LogP contribution in [0.2, 0.25) is 0 Å². The van der Waals surface area contributed by atoms with E-state index < -0.39 is 5.60 Å². The molecule has 8 aromatic rings. The molecule has 2 atom stereocenters. The van der Waals surface area contributed by atoms with E-state index in [1.807, 2.05) is 48.1 Å². The number of aliphatic hydroxyl groups is 1. The molecule has 6 aromatic heterocycles. The molecule has 20 heteroatoms. The maximum Gasteiger partial charge on any atom is 1.00 e. The third kappa shape index (κ3) is 9.41. The largest absolute Gasteiger partial charge is 1.00 e. The molecule has 60 heavy (non-hydrogen) atoms. The Bertz CT molecular complexity index is 2730. The zero-order valence-corrected chi connectivity index (χ0v) is 39.0. The average molecular weight is 947 g/mol. The van der Waals surface area contributed by atoms with Gasteiger partial charge in [0.25, 0.3) is 0 Å². The first kappa shape index (κ1) is 44.1. The summed E-state index contributed by atoms with van der Waals surface area (Å²) in [5, 5.41) is 32.7. The SMILES string of the molecule is CN.CNCC1(O)CCN(c2cnc3nnn(Cc4ccc5ncccc5c4)c3n2)C1.[I-].[K+].c1cnc2ccc(Cn3nnc4ncc(N5CCC6(CO6)C5)nc43)cc2c1. The Morgan fingerprint density at radius 2 is 1.25 bits per heavy atom. The zero-order chi connectivity index (χ0) is 39.7. The van der Waals surface area contributed by atoms with Crippen molar-refractivity contribution in [2.24, 2.45) is 5.73 Å². The van der Waals surface area contributed by atoms with Crippen molar-refractivity contribution in [1.29, 1.82) is 0 Å². The van der Waals surface area contributed by atoms with Crippen LogP contribution in [0.15, 0.2) is 85.5 Å². The van der Waals surface area contributed by atoms with Gasteiger partial charge in [-0.3, -0.25) is 9.97 Å². The number of hydrogen-bond acceptors (Lipinski definition) is 16. The van der Waals surface area contributed by atoms with Crippen LogP contribution in [0, 0.1) is 0 Å². The number of benzene rings is 2. The van der Waals surface area contributed by atoms with Crippen molar-refractivity contribution in [2.75, 3.05) is 63.2 Å². The summed E-state index contributed by atoms with van der Waals surface area (Å²) in [4.78, 5) is 31.5. The molecule has 11 rings (SSSR count). The van der Waals surface area contributed by atoms with Crippen molar-refractivity contribution >= 4 is 56.0 Å². The number of nitrogens with one attached hydrogen (secondary N) is 1. The molecule has 9 heterocycles. The fraction of sp³-hybridized carbons (Fsp3) is 0.350. The molecule has 0 aliphatic carbocycles. The normalized spacial score (nSPS) is 19.2. The predicted octanol–water partition coefficient (Wildman–Crippen LogP) is -3.64. The molecule has 3 saturated heterocycles. The third-order valence-electron chi connectivity index (χ3n) is 10.8. The second kappa shape index (κ2) is 19.0. The van der Waals surface area contributed by atoms with Crippen LogP contribution in [-0.4, -0.2) is 130 Å². The van der Waals surface area contributed by atoms with Crippen LogP contribution in [-0.2, 0) is 17.8 Å². The Labute approximate surface area is 405 Å². The number of rotatable bonds is 8. The Balaban J connectivity index is 0.000000169. The topological polar surface area (TPSA) is 216 Å². The van der Waals surface area contributed by atoms with Crippen LogP contribution in [0.5, 0.6) is 0 Å². The van der Waals surface area contributed by atoms with E-state index in [0.29, 0.717) is 55.2 Å². The molecule has 4 N–H and O–H groups in total. The van der Waals surface area contributed by atoms with Crippen LogP contribution in [0.4, 0.5) is 11.6 Å². The number of β-amino-alcohol motifs (C(OH)–C–C–N with tert-alkyl or cyclic N) is 1. The van der Waals surface area contributed by atoms with Gasteiger partial charge in [0.15, 0.2) is 11.3 Å². The first-order valence-electron chi connectivity index (χ1n) is 19.3. The first-order chi connectivity index (χ1) is 28.4. The van der Waals surface area contributed by atoms with Crippen LogP contribution >= 0.6 is 0 Å². The number of likely N-dealkylation sites (N-methyl/N-ethyl adjacent to an activating group) is 1. The van der Waals surface area contributed by atoms with Crippen LogP contribution in [0.3, 0.4) is 0 Å². The molecule has 0 saturated carbocycles. The molecule has 1 spiro atoms. The summed E-state index contributed by atoms with van der Waals surface area (Å²) in [5.74, 6) is 1.59. The van der Waals surface area contributed by atoms with E-state index in [4.69, 9.17) is 14.7 Å². The molecule has 3 fully saturated rings. The predicted molar refractivity (Wildman–Crippen MR) is 219 cm³/mol. The standard InChI is InChI=1S/C20H22N8O.C19H17N7O.CH5N.HI.K/c1-21-12-20(29)6-8-27(13-20)17-10-23-18-19(24-17)28(26-25-18)11-14-4-5-16-15(9-14)3-2-7-22-16;1-2-14-8-13(3-4-15(14)20-6-1)10-26-18-17(23-24-26)21-9-16(22-18)25-7-5-19(11-25)12-27-19;1-2;;/h2-5,7,9-10,21,29H,6,8,11-13H2,1H3;1-4,6,8-9H,5,7,10-12H2;2H2,1H3;1H;/q;;;;+1/p-1. The van der Waals surface area contributed by atoms with Gasteiger partial charge in [0.05, 0.1) is 55.3 Å². The minimum absolute atomic E-state index is 0. The van der Waals surface area contributed by atoms with Crippen molar-refractivity contribution in [2.45, 2.75) is 37.1 Å². The second-order valence-corrected chi connectivity index (χ2v) is 14.9. The number of hydrogen-bond donors (Lipinski definition) is 3. The first-order valence-corrected chi connectivity index (χ1v) is 19.3. The summed E-state index contributed by atoms with van der Waals surface area (Å²) in [5.41, 5.74) is 10.4. The van der Waals surface area contributed by atoms with Gasteiger partial charge in [-0.2, -0.15) is 0 Å². The van der Waals surface area contributed by atoms with Gasteiger partial charge in [-0.1, -0.05) is 34.7 Å². The molecular weight excluding hydrogens is 903 g/mol. The number of epoxide rings is 1.